The van der Waals surface area contributed by atoms with Crippen LogP contribution in [0.4, 0.5) is 4.79 Å². The fourth-order valence-electron chi connectivity index (χ4n) is 4.01. The minimum Gasteiger partial charge on any atom is -0.445 e. The van der Waals surface area contributed by atoms with Gasteiger partial charge in [0, 0.05) is 6.54 Å². The maximum absolute atomic E-state index is 13.1. The largest absolute Gasteiger partial charge is 0.445 e. The Kier molecular flexibility index (Phi) is 9.66. The molecule has 3 rings (SSSR count). The lowest BCUT2D eigenvalue weighted by Crippen LogP contribution is -2.55. The summed E-state index contributed by atoms with van der Waals surface area (Å²) in [5.74, 6) is -1.32. The number of carbonyl (C=O) groups excluding carboxylic acids is 4. The Morgan fingerprint density at radius 3 is 2.26 bits per heavy atom. The van der Waals surface area contributed by atoms with E-state index in [4.69, 9.17) is 16.3 Å². The van der Waals surface area contributed by atoms with Crippen LogP contribution in [0.1, 0.15) is 30.9 Å². The van der Waals surface area contributed by atoms with E-state index in [-0.39, 0.29) is 24.2 Å². The number of rotatable bonds is 10. The minimum absolute atomic E-state index is 0.0831. The van der Waals surface area contributed by atoms with Gasteiger partial charge in [-0.1, -0.05) is 60.7 Å². The molecular formula is C26H30ClN3O5. The molecule has 1 aliphatic heterocycles. The van der Waals surface area contributed by atoms with E-state index in [9.17, 15) is 19.2 Å². The predicted octanol–water partition coefficient (Wildman–Crippen LogP) is 2.83. The van der Waals surface area contributed by atoms with Crippen LogP contribution in [0.2, 0.25) is 0 Å². The highest BCUT2D eigenvalue weighted by Gasteiger charge is 2.37. The van der Waals surface area contributed by atoms with Crippen molar-refractivity contribution in [2.75, 3.05) is 12.4 Å². The second kappa shape index (κ2) is 12.9. The Bertz CT molecular complexity index is 1020. The van der Waals surface area contributed by atoms with Gasteiger partial charge in [0.05, 0.1) is 11.9 Å². The number of alkyl halides is 1. The number of nitrogens with one attached hydrogen (secondary N) is 2. The van der Waals surface area contributed by atoms with E-state index in [1.807, 2.05) is 60.7 Å². The molecule has 1 aliphatic rings. The summed E-state index contributed by atoms with van der Waals surface area (Å²) in [4.78, 5) is 52.1. The normalized spacial score (nSPS) is 16.7. The highest BCUT2D eigenvalue weighted by atomic mass is 35.5. The number of carbonyl (C=O) groups is 4. The third-order valence-electron chi connectivity index (χ3n) is 5.88. The van der Waals surface area contributed by atoms with Gasteiger partial charge >= 0.3 is 6.09 Å². The van der Waals surface area contributed by atoms with E-state index in [0.717, 1.165) is 11.1 Å². The van der Waals surface area contributed by atoms with Crippen molar-refractivity contribution >= 4 is 35.3 Å². The number of nitrogens with zero attached hydrogens (tertiary/aromatic N) is 1. The summed E-state index contributed by atoms with van der Waals surface area (Å²) in [6.07, 6.45) is 0.701. The van der Waals surface area contributed by atoms with Crippen molar-refractivity contribution in [3.63, 3.8) is 0 Å². The fraction of sp³-hybridized carbons (Fsp3) is 0.385. The molecule has 0 bridgehead atoms. The van der Waals surface area contributed by atoms with Crippen LogP contribution in [0, 0.1) is 0 Å². The second-order valence-electron chi connectivity index (χ2n) is 8.47. The van der Waals surface area contributed by atoms with Crippen molar-refractivity contribution in [3.05, 3.63) is 71.8 Å². The lowest BCUT2D eigenvalue weighted by molar-refractivity contribution is -0.140. The monoisotopic (exact) mass is 499 g/mol. The lowest BCUT2D eigenvalue weighted by atomic mass is 10.0. The van der Waals surface area contributed by atoms with Crippen LogP contribution >= 0.6 is 11.6 Å². The second-order valence-corrected chi connectivity index (χ2v) is 8.74. The molecule has 3 amide bonds. The van der Waals surface area contributed by atoms with Gasteiger partial charge in [0.15, 0.2) is 5.78 Å². The zero-order valence-corrected chi connectivity index (χ0v) is 20.4. The van der Waals surface area contributed by atoms with Crippen molar-refractivity contribution in [1.29, 1.82) is 0 Å². The molecule has 0 spiro atoms. The number of ketones is 1. The van der Waals surface area contributed by atoms with Crippen LogP contribution in [-0.2, 0) is 32.1 Å². The molecular weight excluding hydrogens is 470 g/mol. The number of hydrogen-bond donors (Lipinski definition) is 2. The van der Waals surface area contributed by atoms with Gasteiger partial charge in [0.25, 0.3) is 0 Å². The summed E-state index contributed by atoms with van der Waals surface area (Å²) >= 11 is 5.77. The van der Waals surface area contributed by atoms with Gasteiger partial charge in [-0.05, 0) is 37.3 Å². The van der Waals surface area contributed by atoms with Crippen LogP contribution in [-0.4, -0.2) is 59.1 Å². The first-order chi connectivity index (χ1) is 16.9. The summed E-state index contributed by atoms with van der Waals surface area (Å²) in [6.45, 7) is 2.02. The Balaban J connectivity index is 1.57. The molecule has 3 atom stereocenters. The van der Waals surface area contributed by atoms with Gasteiger partial charge in [0.2, 0.25) is 11.8 Å². The van der Waals surface area contributed by atoms with Gasteiger partial charge in [-0.25, -0.2) is 4.79 Å². The standard InChI is InChI=1S/C26H30ClN3O5/c1-18(28-26(34)35-17-20-11-6-3-7-12-20)25(33)30-14-8-13-22(30)24(32)29-21(23(31)16-27)15-19-9-4-2-5-10-19/h2-7,9-12,18,21-22H,8,13-17H2,1H3,(H,28,34)(H,29,32)/t18-,21-,22-/m0/s1. The molecule has 2 N–H and O–H groups in total. The first-order valence-corrected chi connectivity index (χ1v) is 12.1. The summed E-state index contributed by atoms with van der Waals surface area (Å²) in [7, 11) is 0. The third-order valence-corrected chi connectivity index (χ3v) is 6.14. The van der Waals surface area contributed by atoms with Crippen LogP contribution in [0.3, 0.4) is 0 Å². The highest BCUT2D eigenvalue weighted by Crippen LogP contribution is 2.19. The van der Waals surface area contributed by atoms with Crippen LogP contribution < -0.4 is 10.6 Å². The molecule has 35 heavy (non-hydrogen) atoms. The van der Waals surface area contributed by atoms with E-state index in [1.165, 1.54) is 4.90 Å². The van der Waals surface area contributed by atoms with Gasteiger partial charge in [-0.15, -0.1) is 11.6 Å². The number of halogens is 1. The molecule has 1 heterocycles. The van der Waals surface area contributed by atoms with Crippen LogP contribution in [0.5, 0.6) is 0 Å². The third kappa shape index (κ3) is 7.55. The van der Waals surface area contributed by atoms with Crippen LogP contribution in [0.15, 0.2) is 60.7 Å². The molecule has 0 aliphatic carbocycles. The van der Waals surface area contributed by atoms with Crippen molar-refractivity contribution in [3.8, 4) is 0 Å². The summed E-state index contributed by atoms with van der Waals surface area (Å²) < 4.78 is 5.18. The van der Waals surface area contributed by atoms with Gasteiger partial charge < -0.3 is 20.3 Å². The van der Waals surface area contributed by atoms with Crippen molar-refractivity contribution < 1.29 is 23.9 Å². The van der Waals surface area contributed by atoms with Crippen molar-refractivity contribution in [2.24, 2.45) is 0 Å². The predicted molar refractivity (Wildman–Crippen MR) is 132 cm³/mol. The summed E-state index contributed by atoms with van der Waals surface area (Å²) in [5, 5.41) is 5.31. The van der Waals surface area contributed by atoms with E-state index in [0.29, 0.717) is 25.8 Å². The zero-order valence-electron chi connectivity index (χ0n) is 19.6. The Morgan fingerprint density at radius 1 is 1.00 bits per heavy atom. The summed E-state index contributed by atoms with van der Waals surface area (Å²) in [5.41, 5.74) is 1.72. The molecule has 2 aromatic carbocycles. The fourth-order valence-corrected chi connectivity index (χ4v) is 4.20. The lowest BCUT2D eigenvalue weighted by Gasteiger charge is -2.28. The average molecular weight is 500 g/mol. The quantitative estimate of drug-likeness (QED) is 0.489. The maximum atomic E-state index is 13.1. The van der Waals surface area contributed by atoms with Gasteiger partial charge in [-0.3, -0.25) is 14.4 Å². The molecule has 0 radical (unpaired) electrons. The van der Waals surface area contributed by atoms with E-state index in [1.54, 1.807) is 6.92 Å². The summed E-state index contributed by atoms with van der Waals surface area (Å²) in [6, 6.07) is 16.1. The topological polar surface area (TPSA) is 105 Å². The van der Waals surface area contributed by atoms with E-state index in [2.05, 4.69) is 10.6 Å². The molecule has 0 saturated carbocycles. The number of amides is 3. The number of benzene rings is 2. The van der Waals surface area contributed by atoms with E-state index >= 15 is 0 Å². The SMILES string of the molecule is C[C@H](NC(=O)OCc1ccccc1)C(=O)N1CCC[C@H]1C(=O)N[C@@H](Cc1ccccc1)C(=O)CCl. The number of Topliss-reactive ketones (excluding diaryl/α,β-unsaturated/α-hetero) is 1. The first kappa shape index (κ1) is 26.2. The van der Waals surface area contributed by atoms with Gasteiger partial charge in [-0.2, -0.15) is 0 Å². The van der Waals surface area contributed by atoms with Crippen molar-refractivity contribution in [1.82, 2.24) is 15.5 Å². The Hall–Kier alpha value is -3.39. The molecule has 0 aromatic heterocycles. The number of likely N-dealkylation sites (tertiary alicyclic amines) is 1. The molecule has 8 nitrogen and oxygen atoms in total. The number of alkyl carbamates (subject to hydrolysis) is 1. The molecule has 1 fully saturated rings. The maximum Gasteiger partial charge on any atom is 0.408 e. The van der Waals surface area contributed by atoms with E-state index < -0.39 is 30.1 Å². The van der Waals surface area contributed by atoms with Crippen LogP contribution in [0.25, 0.3) is 0 Å². The Morgan fingerprint density at radius 2 is 1.63 bits per heavy atom. The number of ether oxygens (including phenoxy) is 1. The average Bonchev–Trinajstić information content (AvgIpc) is 3.37. The first-order valence-electron chi connectivity index (χ1n) is 11.6. The molecule has 9 heteroatoms. The zero-order chi connectivity index (χ0) is 25.2. The minimum atomic E-state index is -0.878. The molecule has 1 saturated heterocycles. The van der Waals surface area contributed by atoms with Crippen molar-refractivity contribution in [2.45, 2.75) is 50.9 Å². The highest BCUT2D eigenvalue weighted by molar-refractivity contribution is 6.28. The Labute approximate surface area is 210 Å². The smallest absolute Gasteiger partial charge is 0.408 e. The van der Waals surface area contributed by atoms with Gasteiger partial charge in [0.1, 0.15) is 18.7 Å². The molecule has 186 valence electrons. The molecule has 2 aromatic rings. The number of hydrogen-bond acceptors (Lipinski definition) is 5. The molecule has 0 unspecified atom stereocenters.